The van der Waals surface area contributed by atoms with E-state index < -0.39 is 124 Å². The van der Waals surface area contributed by atoms with Crippen LogP contribution >= 0.6 is 0 Å². The van der Waals surface area contributed by atoms with Crippen LogP contribution in [-0.4, -0.2) is 193 Å². The van der Waals surface area contributed by atoms with E-state index in [4.69, 9.17) is 28.4 Å². The zero-order valence-corrected chi connectivity index (χ0v) is 50.2. The fourth-order valence-corrected chi connectivity index (χ4v) is 10.9. The van der Waals surface area contributed by atoms with Crippen molar-refractivity contribution in [2.45, 2.75) is 330 Å². The second kappa shape index (κ2) is 46.2. The van der Waals surface area contributed by atoms with Gasteiger partial charge in [0.2, 0.25) is 5.91 Å². The molecule has 17 unspecified atom stereocenters. The van der Waals surface area contributed by atoms with Gasteiger partial charge in [-0.15, -0.1) is 0 Å². The molecule has 19 heteroatoms. The minimum Gasteiger partial charge on any atom is -0.394 e. The van der Waals surface area contributed by atoms with Gasteiger partial charge in [0.15, 0.2) is 18.9 Å². The maximum absolute atomic E-state index is 13.4. The van der Waals surface area contributed by atoms with Crippen molar-refractivity contribution in [3.63, 3.8) is 0 Å². The van der Waals surface area contributed by atoms with Crippen LogP contribution in [0.3, 0.4) is 0 Å². The number of aliphatic hydroxyl groups is 11. The normalized spacial score (nSPS) is 29.8. The van der Waals surface area contributed by atoms with Crippen LogP contribution < -0.4 is 5.32 Å². The summed E-state index contributed by atoms with van der Waals surface area (Å²) in [5.74, 6) is -0.287. The Morgan fingerprint density at radius 1 is 0.427 bits per heavy atom. The van der Waals surface area contributed by atoms with Gasteiger partial charge < -0.3 is 89.9 Å². The highest BCUT2D eigenvalue weighted by Gasteiger charge is 2.53. The summed E-state index contributed by atoms with van der Waals surface area (Å²) >= 11 is 0. The predicted octanol–water partition coefficient (Wildman–Crippen LogP) is 6.88. The lowest BCUT2D eigenvalue weighted by Gasteiger charge is -2.48. The largest absolute Gasteiger partial charge is 0.394 e. The minimum absolute atomic E-state index is 0.236. The first-order valence-electron chi connectivity index (χ1n) is 32.2. The number of allylic oxidation sites excluding steroid dienone is 5. The lowest BCUT2D eigenvalue weighted by molar-refractivity contribution is -0.379. The van der Waals surface area contributed by atoms with Crippen molar-refractivity contribution >= 4 is 5.91 Å². The summed E-state index contributed by atoms with van der Waals surface area (Å²) in [6.07, 6.45) is 24.1. The highest BCUT2D eigenvalue weighted by Crippen LogP contribution is 2.33. The molecule has 480 valence electrons. The average Bonchev–Trinajstić information content (AvgIpc) is 3.25. The standard InChI is InChI=1S/C63H115NO18/c1-3-5-7-9-11-13-15-17-19-21-22-23-24-25-27-29-31-33-35-37-39-41-51(69)64-46(47(68)40-38-36-34-32-30-28-26-20-18-16-14-12-10-8-6-4-2)45-77-61-57(75)54(72)59(49(43-66)79-61)82-63-58(76)55(73)60(50(44-67)80-63)81-62-56(74)53(71)52(70)48(42-65)78-62/h18,20,30,32,38,40,46-50,52-63,65-68,70-76H,3-17,19,21-29,31,33-37,39,41-45H2,1-2H3,(H,64,69)/b20-18+,32-30+,40-38+. The van der Waals surface area contributed by atoms with Crippen molar-refractivity contribution in [1.82, 2.24) is 5.32 Å². The number of hydrogen-bond donors (Lipinski definition) is 12. The van der Waals surface area contributed by atoms with Gasteiger partial charge in [0.1, 0.15) is 73.2 Å². The summed E-state index contributed by atoms with van der Waals surface area (Å²) in [7, 11) is 0. The second-order valence-electron chi connectivity index (χ2n) is 23.2. The van der Waals surface area contributed by atoms with Crippen LogP contribution in [0.1, 0.15) is 226 Å². The maximum Gasteiger partial charge on any atom is 0.220 e. The number of carbonyl (C=O) groups excluding carboxylic acids is 1. The van der Waals surface area contributed by atoms with E-state index in [0.717, 1.165) is 44.9 Å². The molecule has 3 fully saturated rings. The van der Waals surface area contributed by atoms with Crippen molar-refractivity contribution in [3.05, 3.63) is 36.5 Å². The first kappa shape index (κ1) is 74.3. The molecule has 0 bridgehead atoms. The van der Waals surface area contributed by atoms with E-state index in [0.29, 0.717) is 12.8 Å². The van der Waals surface area contributed by atoms with E-state index in [2.05, 4.69) is 43.5 Å². The molecule has 17 atom stereocenters. The first-order chi connectivity index (χ1) is 39.8. The number of aliphatic hydroxyl groups excluding tert-OH is 11. The molecule has 1 amide bonds. The Bertz CT molecular complexity index is 1640. The number of amides is 1. The van der Waals surface area contributed by atoms with E-state index in [1.54, 1.807) is 6.08 Å². The summed E-state index contributed by atoms with van der Waals surface area (Å²) in [4.78, 5) is 13.4. The van der Waals surface area contributed by atoms with Crippen LogP contribution in [0.15, 0.2) is 36.5 Å². The van der Waals surface area contributed by atoms with E-state index >= 15 is 0 Å². The molecule has 0 aliphatic carbocycles. The quantitative estimate of drug-likeness (QED) is 0.0218. The van der Waals surface area contributed by atoms with Gasteiger partial charge in [-0.1, -0.05) is 211 Å². The fraction of sp³-hybridized carbons (Fsp3) is 0.889. The SMILES string of the molecule is CCCCCCCC/C=C/CC/C=C/CC/C=C/C(O)C(COC1OC(CO)C(OC2OC(CO)C(OC3OC(CO)C(O)C(O)C3O)C(O)C2O)C(O)C1O)NC(=O)CCCCCCCCCCCCCCCCCCCCCCC. The van der Waals surface area contributed by atoms with Crippen LogP contribution in [0.5, 0.6) is 0 Å². The highest BCUT2D eigenvalue weighted by molar-refractivity contribution is 5.76. The van der Waals surface area contributed by atoms with Gasteiger partial charge in [-0.2, -0.15) is 0 Å². The van der Waals surface area contributed by atoms with Gasteiger partial charge >= 0.3 is 0 Å². The van der Waals surface area contributed by atoms with Crippen LogP contribution in [0, 0.1) is 0 Å². The molecule has 0 saturated carbocycles. The molecule has 0 aromatic carbocycles. The number of nitrogens with one attached hydrogen (secondary N) is 1. The topological polar surface area (TPSA) is 307 Å². The van der Waals surface area contributed by atoms with Crippen molar-refractivity contribution in [2.75, 3.05) is 26.4 Å². The third-order valence-electron chi connectivity index (χ3n) is 16.2. The molecular weight excluding hydrogens is 1060 g/mol. The zero-order valence-electron chi connectivity index (χ0n) is 50.2. The van der Waals surface area contributed by atoms with Gasteiger partial charge in [0.05, 0.1) is 38.6 Å². The number of carbonyl (C=O) groups is 1. The second-order valence-corrected chi connectivity index (χ2v) is 23.2. The molecule has 12 N–H and O–H groups in total. The minimum atomic E-state index is -1.98. The van der Waals surface area contributed by atoms with Crippen LogP contribution in [0.2, 0.25) is 0 Å². The third-order valence-corrected chi connectivity index (χ3v) is 16.2. The van der Waals surface area contributed by atoms with E-state index in [-0.39, 0.29) is 18.9 Å². The van der Waals surface area contributed by atoms with Crippen LogP contribution in [0.25, 0.3) is 0 Å². The zero-order chi connectivity index (χ0) is 59.7. The third kappa shape index (κ3) is 29.1. The summed E-state index contributed by atoms with van der Waals surface area (Å²) in [6, 6.07) is -0.993. The summed E-state index contributed by atoms with van der Waals surface area (Å²) in [6.45, 7) is 1.70. The Morgan fingerprint density at radius 3 is 1.22 bits per heavy atom. The molecule has 0 aromatic rings. The van der Waals surface area contributed by atoms with Crippen LogP contribution in [0.4, 0.5) is 0 Å². The Hall–Kier alpha value is -1.99. The summed E-state index contributed by atoms with van der Waals surface area (Å²) < 4.78 is 34.3. The predicted molar refractivity (Wildman–Crippen MR) is 314 cm³/mol. The van der Waals surface area contributed by atoms with Crippen molar-refractivity contribution in [3.8, 4) is 0 Å². The summed E-state index contributed by atoms with van der Waals surface area (Å²) in [5, 5.41) is 120. The Morgan fingerprint density at radius 2 is 0.780 bits per heavy atom. The molecule has 3 aliphatic heterocycles. The molecule has 3 aliphatic rings. The summed E-state index contributed by atoms with van der Waals surface area (Å²) in [5.41, 5.74) is 0. The molecule has 0 aromatic heterocycles. The lowest BCUT2D eigenvalue weighted by Crippen LogP contribution is -2.66. The van der Waals surface area contributed by atoms with Gasteiger partial charge in [-0.25, -0.2) is 0 Å². The average molecular weight is 1170 g/mol. The van der Waals surface area contributed by atoms with E-state index in [9.17, 15) is 61.0 Å². The molecular formula is C63H115NO18. The van der Waals surface area contributed by atoms with Gasteiger partial charge in [0, 0.05) is 6.42 Å². The number of hydrogen-bond acceptors (Lipinski definition) is 18. The Labute approximate surface area is 491 Å². The van der Waals surface area contributed by atoms with Crippen molar-refractivity contribution in [2.24, 2.45) is 0 Å². The molecule has 3 heterocycles. The molecule has 3 saturated heterocycles. The lowest BCUT2D eigenvalue weighted by atomic mass is 9.96. The fourth-order valence-electron chi connectivity index (χ4n) is 10.9. The molecule has 0 spiro atoms. The van der Waals surface area contributed by atoms with E-state index in [1.807, 2.05) is 6.08 Å². The molecule has 0 radical (unpaired) electrons. The van der Waals surface area contributed by atoms with Crippen molar-refractivity contribution < 1.29 is 89.4 Å². The maximum atomic E-state index is 13.4. The van der Waals surface area contributed by atoms with Gasteiger partial charge in [-0.05, 0) is 44.9 Å². The monoisotopic (exact) mass is 1170 g/mol. The molecule has 3 rings (SSSR count). The number of ether oxygens (including phenoxy) is 6. The van der Waals surface area contributed by atoms with Gasteiger partial charge in [-0.3, -0.25) is 4.79 Å². The Kier molecular flexibility index (Phi) is 41.8. The highest BCUT2D eigenvalue weighted by atomic mass is 16.8. The van der Waals surface area contributed by atoms with E-state index in [1.165, 1.54) is 148 Å². The number of rotatable bonds is 48. The first-order valence-corrected chi connectivity index (χ1v) is 32.2. The molecule has 19 nitrogen and oxygen atoms in total. The number of unbranched alkanes of at least 4 members (excludes halogenated alkanes) is 28. The van der Waals surface area contributed by atoms with Crippen molar-refractivity contribution in [1.29, 1.82) is 0 Å². The smallest absolute Gasteiger partial charge is 0.220 e. The molecule has 82 heavy (non-hydrogen) atoms. The van der Waals surface area contributed by atoms with Crippen LogP contribution in [-0.2, 0) is 33.2 Å². The Balaban J connectivity index is 1.48. The van der Waals surface area contributed by atoms with Gasteiger partial charge in [0.25, 0.3) is 0 Å².